The molecule has 2 rings (SSSR count). The average molecular weight is 296 g/mol. The molecule has 2 aromatic carbocycles. The smallest absolute Gasteiger partial charge is 0.337 e. The fourth-order valence-corrected chi connectivity index (χ4v) is 2.63. The second-order valence-corrected chi connectivity index (χ2v) is 5.59. The summed E-state index contributed by atoms with van der Waals surface area (Å²) in [4.78, 5) is 11.5. The topological polar surface area (TPSA) is 26.3 Å². The maximum absolute atomic E-state index is 11.5. The van der Waals surface area contributed by atoms with Crippen LogP contribution in [0.1, 0.15) is 47.2 Å². The first-order valence-electron chi connectivity index (χ1n) is 8.01. The number of hydrogen-bond acceptors (Lipinski definition) is 2. The predicted molar refractivity (Wildman–Crippen MR) is 90.1 cm³/mol. The van der Waals surface area contributed by atoms with Gasteiger partial charge in [0.1, 0.15) is 0 Å². The summed E-state index contributed by atoms with van der Waals surface area (Å²) in [7, 11) is 1.42. The summed E-state index contributed by atoms with van der Waals surface area (Å²) in [5.74, 6) is -0.260. The standard InChI is InChI=1S/C20H24O2/c1-22-20(21)19-15-9-14-18(16-19)13-6-3-2-5-10-17-11-7-4-8-12-17/h4,7-9,11-12,14-16H,2-3,5-6,10,13H2,1H3. The van der Waals surface area contributed by atoms with Gasteiger partial charge < -0.3 is 4.74 Å². The normalized spacial score (nSPS) is 10.4. The van der Waals surface area contributed by atoms with Gasteiger partial charge in [-0.1, -0.05) is 55.3 Å². The van der Waals surface area contributed by atoms with Crippen LogP contribution in [0.4, 0.5) is 0 Å². The summed E-state index contributed by atoms with van der Waals surface area (Å²) < 4.78 is 4.75. The number of aryl methyl sites for hydroxylation is 2. The fourth-order valence-electron chi connectivity index (χ4n) is 2.63. The lowest BCUT2D eigenvalue weighted by Crippen LogP contribution is -2.01. The van der Waals surface area contributed by atoms with Crippen LogP contribution < -0.4 is 0 Å². The molecule has 0 aliphatic carbocycles. The van der Waals surface area contributed by atoms with Crippen molar-refractivity contribution < 1.29 is 9.53 Å². The van der Waals surface area contributed by atoms with Gasteiger partial charge in [-0.3, -0.25) is 0 Å². The Balaban J connectivity index is 1.65. The molecule has 0 saturated heterocycles. The second kappa shape index (κ2) is 9.04. The van der Waals surface area contributed by atoms with Gasteiger partial charge in [-0.15, -0.1) is 0 Å². The van der Waals surface area contributed by atoms with E-state index in [-0.39, 0.29) is 5.97 Å². The summed E-state index contributed by atoms with van der Waals surface area (Å²) in [6.45, 7) is 0. The fraction of sp³-hybridized carbons (Fsp3) is 0.350. The van der Waals surface area contributed by atoms with E-state index in [2.05, 4.69) is 36.4 Å². The quantitative estimate of drug-likeness (QED) is 0.516. The highest BCUT2D eigenvalue weighted by Gasteiger charge is 2.05. The molecule has 0 N–H and O–H groups in total. The number of carbonyl (C=O) groups excluding carboxylic acids is 1. The molecule has 0 saturated carbocycles. The van der Waals surface area contributed by atoms with Crippen molar-refractivity contribution in [2.75, 3.05) is 7.11 Å². The van der Waals surface area contributed by atoms with E-state index in [1.807, 2.05) is 12.1 Å². The lowest BCUT2D eigenvalue weighted by Gasteiger charge is -2.05. The number of ether oxygens (including phenoxy) is 1. The van der Waals surface area contributed by atoms with Crippen LogP contribution in [0.15, 0.2) is 54.6 Å². The van der Waals surface area contributed by atoms with Crippen LogP contribution in [0.2, 0.25) is 0 Å². The van der Waals surface area contributed by atoms with E-state index in [0.717, 1.165) is 6.42 Å². The van der Waals surface area contributed by atoms with E-state index in [1.165, 1.54) is 50.3 Å². The third-order valence-electron chi connectivity index (χ3n) is 3.87. The Morgan fingerprint density at radius 1 is 0.818 bits per heavy atom. The summed E-state index contributed by atoms with van der Waals surface area (Å²) >= 11 is 0. The minimum Gasteiger partial charge on any atom is -0.465 e. The first-order chi connectivity index (χ1) is 10.8. The monoisotopic (exact) mass is 296 g/mol. The molecule has 0 amide bonds. The van der Waals surface area contributed by atoms with Crippen LogP contribution in [0.25, 0.3) is 0 Å². The highest BCUT2D eigenvalue weighted by Crippen LogP contribution is 2.12. The summed E-state index contributed by atoms with van der Waals surface area (Å²) in [6, 6.07) is 18.4. The Labute approximate surface area is 133 Å². The molecule has 0 spiro atoms. The molecule has 0 aliphatic rings. The Hall–Kier alpha value is -2.09. The molecule has 0 radical (unpaired) electrons. The largest absolute Gasteiger partial charge is 0.465 e. The van der Waals surface area contributed by atoms with Crippen LogP contribution in [0, 0.1) is 0 Å². The summed E-state index contributed by atoms with van der Waals surface area (Å²) in [5.41, 5.74) is 3.28. The molecule has 0 aromatic heterocycles. The van der Waals surface area contributed by atoms with Gasteiger partial charge in [-0.25, -0.2) is 4.79 Å². The van der Waals surface area contributed by atoms with Gasteiger partial charge in [0.15, 0.2) is 0 Å². The van der Waals surface area contributed by atoms with Gasteiger partial charge in [-0.2, -0.15) is 0 Å². The van der Waals surface area contributed by atoms with E-state index in [4.69, 9.17) is 4.74 Å². The minimum absolute atomic E-state index is 0.260. The van der Waals surface area contributed by atoms with Crippen molar-refractivity contribution in [3.05, 3.63) is 71.3 Å². The zero-order chi connectivity index (χ0) is 15.6. The van der Waals surface area contributed by atoms with Crippen molar-refractivity contribution in [3.63, 3.8) is 0 Å². The van der Waals surface area contributed by atoms with Crippen molar-refractivity contribution in [2.24, 2.45) is 0 Å². The third-order valence-corrected chi connectivity index (χ3v) is 3.87. The van der Waals surface area contributed by atoms with E-state index < -0.39 is 0 Å². The van der Waals surface area contributed by atoms with Crippen molar-refractivity contribution in [3.8, 4) is 0 Å². The molecule has 0 unspecified atom stereocenters. The van der Waals surface area contributed by atoms with Crippen LogP contribution in [-0.4, -0.2) is 13.1 Å². The van der Waals surface area contributed by atoms with E-state index in [1.54, 1.807) is 6.07 Å². The first kappa shape index (κ1) is 16.3. The molecule has 2 nitrogen and oxygen atoms in total. The molecular weight excluding hydrogens is 272 g/mol. The minimum atomic E-state index is -0.260. The molecule has 0 bridgehead atoms. The molecule has 0 heterocycles. The average Bonchev–Trinajstić information content (AvgIpc) is 2.58. The van der Waals surface area contributed by atoms with Gasteiger partial charge in [0, 0.05) is 0 Å². The zero-order valence-electron chi connectivity index (χ0n) is 13.3. The van der Waals surface area contributed by atoms with Gasteiger partial charge >= 0.3 is 5.97 Å². The number of unbranched alkanes of at least 4 members (excludes halogenated alkanes) is 3. The number of benzene rings is 2. The molecule has 2 heteroatoms. The van der Waals surface area contributed by atoms with Gasteiger partial charge in [0.2, 0.25) is 0 Å². The van der Waals surface area contributed by atoms with Crippen molar-refractivity contribution in [1.82, 2.24) is 0 Å². The number of hydrogen-bond donors (Lipinski definition) is 0. The van der Waals surface area contributed by atoms with Crippen LogP contribution in [0.5, 0.6) is 0 Å². The maximum atomic E-state index is 11.5. The zero-order valence-corrected chi connectivity index (χ0v) is 13.3. The SMILES string of the molecule is COC(=O)c1cccc(CCCCCCc2ccccc2)c1. The highest BCUT2D eigenvalue weighted by atomic mass is 16.5. The first-order valence-corrected chi connectivity index (χ1v) is 8.01. The highest BCUT2D eigenvalue weighted by molar-refractivity contribution is 5.89. The van der Waals surface area contributed by atoms with E-state index >= 15 is 0 Å². The van der Waals surface area contributed by atoms with E-state index in [0.29, 0.717) is 5.56 Å². The predicted octanol–water partition coefficient (Wildman–Crippen LogP) is 4.82. The van der Waals surface area contributed by atoms with Crippen LogP contribution >= 0.6 is 0 Å². The molecule has 0 atom stereocenters. The summed E-state index contributed by atoms with van der Waals surface area (Å²) in [6.07, 6.45) is 7.08. The van der Waals surface area contributed by atoms with Crippen molar-refractivity contribution in [2.45, 2.75) is 38.5 Å². The Bertz CT molecular complexity index is 575. The Morgan fingerprint density at radius 3 is 2.14 bits per heavy atom. The molecule has 0 aliphatic heterocycles. The van der Waals surface area contributed by atoms with Crippen LogP contribution in [-0.2, 0) is 17.6 Å². The molecule has 22 heavy (non-hydrogen) atoms. The lowest BCUT2D eigenvalue weighted by atomic mass is 10.0. The van der Waals surface area contributed by atoms with E-state index in [9.17, 15) is 4.79 Å². The van der Waals surface area contributed by atoms with Crippen molar-refractivity contribution in [1.29, 1.82) is 0 Å². The van der Waals surface area contributed by atoms with Gasteiger partial charge in [-0.05, 0) is 48.9 Å². The second-order valence-electron chi connectivity index (χ2n) is 5.59. The Kier molecular flexibility index (Phi) is 6.69. The number of carbonyl (C=O) groups is 1. The summed E-state index contributed by atoms with van der Waals surface area (Å²) in [5, 5.41) is 0. The number of esters is 1. The molecular formula is C20H24O2. The molecule has 116 valence electrons. The third kappa shape index (κ3) is 5.36. The van der Waals surface area contributed by atoms with Gasteiger partial charge in [0.25, 0.3) is 0 Å². The van der Waals surface area contributed by atoms with Crippen molar-refractivity contribution >= 4 is 5.97 Å². The maximum Gasteiger partial charge on any atom is 0.337 e. The molecule has 0 fully saturated rings. The van der Waals surface area contributed by atoms with Gasteiger partial charge in [0.05, 0.1) is 12.7 Å². The number of rotatable bonds is 8. The molecule has 2 aromatic rings. The van der Waals surface area contributed by atoms with Crippen LogP contribution in [0.3, 0.4) is 0 Å². The number of methoxy groups -OCH3 is 1. The Morgan fingerprint density at radius 2 is 1.45 bits per heavy atom. The lowest BCUT2D eigenvalue weighted by molar-refractivity contribution is 0.0600.